The Morgan fingerprint density at radius 2 is 2.11 bits per heavy atom. The molecule has 1 aromatic rings. The van der Waals surface area contributed by atoms with Crippen molar-refractivity contribution in [3.63, 3.8) is 0 Å². The lowest BCUT2D eigenvalue weighted by atomic mass is 9.98. The second kappa shape index (κ2) is 5.27. The van der Waals surface area contributed by atoms with Crippen LogP contribution in [0.25, 0.3) is 0 Å². The van der Waals surface area contributed by atoms with E-state index >= 15 is 0 Å². The molecule has 1 unspecified atom stereocenters. The number of piperidine rings is 1. The predicted octanol–water partition coefficient (Wildman–Crippen LogP) is 0.942. The molecule has 0 aromatic heterocycles. The predicted molar refractivity (Wildman–Crippen MR) is 65.5 cm³/mol. The quantitative estimate of drug-likeness (QED) is 0.683. The van der Waals surface area contributed by atoms with Crippen molar-refractivity contribution in [1.82, 2.24) is 4.90 Å². The largest absolute Gasteiger partial charge is 0.504 e. The van der Waals surface area contributed by atoms with Crippen molar-refractivity contribution in [2.24, 2.45) is 5.92 Å². The highest BCUT2D eigenvalue weighted by Crippen LogP contribution is 2.26. The number of aromatic hydroxyl groups is 2. The first-order chi connectivity index (χ1) is 8.61. The fourth-order valence-electron chi connectivity index (χ4n) is 2.24. The summed E-state index contributed by atoms with van der Waals surface area (Å²) in [4.78, 5) is 13.9. The topological polar surface area (TPSA) is 81.0 Å². The Hall–Kier alpha value is -1.75. The highest BCUT2D eigenvalue weighted by atomic mass is 16.3. The van der Waals surface area contributed by atoms with Crippen LogP contribution >= 0.6 is 0 Å². The second-order valence-corrected chi connectivity index (χ2v) is 4.65. The standard InChI is InChI=1S/C13H17NO4/c15-8-9-2-1-5-14(7-9)13(18)10-3-4-11(16)12(17)6-10/h3-4,6,9,15-17H,1-2,5,7-8H2. The Morgan fingerprint density at radius 3 is 2.78 bits per heavy atom. The van der Waals surface area contributed by atoms with E-state index in [9.17, 15) is 15.0 Å². The monoisotopic (exact) mass is 251 g/mol. The summed E-state index contributed by atoms with van der Waals surface area (Å²) < 4.78 is 0. The number of phenolic OH excluding ortho intramolecular Hbond substituents is 2. The van der Waals surface area contributed by atoms with Crippen LogP contribution in [-0.4, -0.2) is 45.8 Å². The van der Waals surface area contributed by atoms with Crippen molar-refractivity contribution in [3.05, 3.63) is 23.8 Å². The third-order valence-corrected chi connectivity index (χ3v) is 3.29. The zero-order chi connectivity index (χ0) is 13.1. The van der Waals surface area contributed by atoms with Crippen molar-refractivity contribution < 1.29 is 20.1 Å². The molecule has 1 aromatic carbocycles. The molecule has 0 radical (unpaired) electrons. The summed E-state index contributed by atoms with van der Waals surface area (Å²) >= 11 is 0. The molecule has 0 aliphatic carbocycles. The van der Waals surface area contributed by atoms with Crippen LogP contribution in [0.5, 0.6) is 11.5 Å². The summed E-state index contributed by atoms with van der Waals surface area (Å²) in [7, 11) is 0. The molecule has 2 rings (SSSR count). The van der Waals surface area contributed by atoms with Gasteiger partial charge in [-0.25, -0.2) is 0 Å². The Kier molecular flexibility index (Phi) is 3.72. The summed E-state index contributed by atoms with van der Waals surface area (Å²) in [5.74, 6) is -0.577. The number of aliphatic hydroxyl groups is 1. The number of rotatable bonds is 2. The molecule has 1 fully saturated rings. The van der Waals surface area contributed by atoms with Gasteiger partial charge in [0, 0.05) is 25.3 Å². The molecule has 5 nitrogen and oxygen atoms in total. The van der Waals surface area contributed by atoms with E-state index in [0.29, 0.717) is 18.7 Å². The first kappa shape index (κ1) is 12.7. The molecular formula is C13H17NO4. The molecule has 0 spiro atoms. The lowest BCUT2D eigenvalue weighted by Crippen LogP contribution is -2.40. The number of benzene rings is 1. The van der Waals surface area contributed by atoms with Gasteiger partial charge in [0.1, 0.15) is 0 Å². The average molecular weight is 251 g/mol. The number of carbonyl (C=O) groups is 1. The number of phenols is 2. The van der Waals surface area contributed by atoms with E-state index in [0.717, 1.165) is 12.8 Å². The maximum Gasteiger partial charge on any atom is 0.254 e. The number of hydrogen-bond acceptors (Lipinski definition) is 4. The number of carbonyl (C=O) groups excluding carboxylic acids is 1. The Bertz CT molecular complexity index is 447. The Labute approximate surface area is 105 Å². The lowest BCUT2D eigenvalue weighted by Gasteiger charge is -2.31. The van der Waals surface area contributed by atoms with E-state index < -0.39 is 0 Å². The molecule has 5 heteroatoms. The van der Waals surface area contributed by atoms with Gasteiger partial charge in [0.2, 0.25) is 0 Å². The molecular weight excluding hydrogens is 234 g/mol. The third-order valence-electron chi connectivity index (χ3n) is 3.29. The van der Waals surface area contributed by atoms with Crippen LogP contribution in [0.3, 0.4) is 0 Å². The minimum absolute atomic E-state index is 0.0879. The van der Waals surface area contributed by atoms with E-state index in [1.807, 2.05) is 0 Å². The Morgan fingerprint density at radius 1 is 1.33 bits per heavy atom. The second-order valence-electron chi connectivity index (χ2n) is 4.65. The smallest absolute Gasteiger partial charge is 0.254 e. The van der Waals surface area contributed by atoms with Gasteiger partial charge in [0.25, 0.3) is 5.91 Å². The van der Waals surface area contributed by atoms with E-state index in [1.165, 1.54) is 18.2 Å². The summed E-state index contributed by atoms with van der Waals surface area (Å²) in [6, 6.07) is 4.05. The van der Waals surface area contributed by atoms with Crippen molar-refractivity contribution in [2.75, 3.05) is 19.7 Å². The summed E-state index contributed by atoms with van der Waals surface area (Å²) in [5.41, 5.74) is 0.351. The molecule has 18 heavy (non-hydrogen) atoms. The van der Waals surface area contributed by atoms with Crippen LogP contribution < -0.4 is 0 Å². The van der Waals surface area contributed by atoms with Gasteiger partial charge in [0.05, 0.1) is 0 Å². The summed E-state index contributed by atoms with van der Waals surface area (Å²) in [6.45, 7) is 1.29. The Balaban J connectivity index is 2.12. The summed E-state index contributed by atoms with van der Waals surface area (Å²) in [6.07, 6.45) is 1.81. The molecule has 1 aliphatic rings. The summed E-state index contributed by atoms with van der Waals surface area (Å²) in [5, 5.41) is 27.7. The molecule has 1 atom stereocenters. The SMILES string of the molecule is O=C(c1ccc(O)c(O)c1)N1CCCC(CO)C1. The van der Waals surface area contributed by atoms with Gasteiger partial charge < -0.3 is 20.2 Å². The highest BCUT2D eigenvalue weighted by molar-refractivity contribution is 5.95. The number of hydrogen-bond donors (Lipinski definition) is 3. The van der Waals surface area contributed by atoms with Crippen molar-refractivity contribution >= 4 is 5.91 Å². The minimum atomic E-state index is -0.295. The number of likely N-dealkylation sites (tertiary alicyclic amines) is 1. The van der Waals surface area contributed by atoms with Gasteiger partial charge in [-0.05, 0) is 37.0 Å². The first-order valence-corrected chi connectivity index (χ1v) is 6.04. The van der Waals surface area contributed by atoms with Crippen LogP contribution in [-0.2, 0) is 0 Å². The zero-order valence-electron chi connectivity index (χ0n) is 10.0. The minimum Gasteiger partial charge on any atom is -0.504 e. The fourth-order valence-corrected chi connectivity index (χ4v) is 2.24. The van der Waals surface area contributed by atoms with E-state index in [4.69, 9.17) is 5.11 Å². The first-order valence-electron chi connectivity index (χ1n) is 6.04. The van der Waals surface area contributed by atoms with E-state index in [-0.39, 0.29) is 29.9 Å². The number of aliphatic hydroxyl groups excluding tert-OH is 1. The fraction of sp³-hybridized carbons (Fsp3) is 0.462. The highest BCUT2D eigenvalue weighted by Gasteiger charge is 2.24. The van der Waals surface area contributed by atoms with Gasteiger partial charge in [0.15, 0.2) is 11.5 Å². The molecule has 0 saturated carbocycles. The van der Waals surface area contributed by atoms with Gasteiger partial charge >= 0.3 is 0 Å². The molecule has 98 valence electrons. The molecule has 1 heterocycles. The van der Waals surface area contributed by atoms with Crippen LogP contribution in [0.15, 0.2) is 18.2 Å². The van der Waals surface area contributed by atoms with Gasteiger partial charge in [-0.2, -0.15) is 0 Å². The molecule has 1 aliphatic heterocycles. The van der Waals surface area contributed by atoms with Crippen LogP contribution in [0.1, 0.15) is 23.2 Å². The molecule has 0 bridgehead atoms. The van der Waals surface area contributed by atoms with Crippen LogP contribution in [0.4, 0.5) is 0 Å². The maximum atomic E-state index is 12.2. The third kappa shape index (κ3) is 2.56. The van der Waals surface area contributed by atoms with E-state index in [2.05, 4.69) is 0 Å². The van der Waals surface area contributed by atoms with Gasteiger partial charge in [-0.3, -0.25) is 4.79 Å². The van der Waals surface area contributed by atoms with Crippen LogP contribution in [0.2, 0.25) is 0 Å². The molecule has 1 saturated heterocycles. The maximum absolute atomic E-state index is 12.2. The van der Waals surface area contributed by atoms with Crippen molar-refractivity contribution in [3.8, 4) is 11.5 Å². The number of amides is 1. The molecule has 1 amide bonds. The van der Waals surface area contributed by atoms with E-state index in [1.54, 1.807) is 4.90 Å². The number of nitrogens with zero attached hydrogens (tertiary/aromatic N) is 1. The zero-order valence-corrected chi connectivity index (χ0v) is 10.0. The van der Waals surface area contributed by atoms with Gasteiger partial charge in [-0.15, -0.1) is 0 Å². The lowest BCUT2D eigenvalue weighted by molar-refractivity contribution is 0.0620. The van der Waals surface area contributed by atoms with Crippen molar-refractivity contribution in [1.29, 1.82) is 0 Å². The molecule has 3 N–H and O–H groups in total. The van der Waals surface area contributed by atoms with Crippen molar-refractivity contribution in [2.45, 2.75) is 12.8 Å². The average Bonchev–Trinajstić information content (AvgIpc) is 2.41. The van der Waals surface area contributed by atoms with Gasteiger partial charge in [-0.1, -0.05) is 0 Å². The normalized spacial score (nSPS) is 19.8. The van der Waals surface area contributed by atoms with Crippen LogP contribution in [0, 0.1) is 5.92 Å².